The van der Waals surface area contributed by atoms with Crippen molar-refractivity contribution in [2.24, 2.45) is 0 Å². The fourth-order valence-electron chi connectivity index (χ4n) is 1.71. The second-order valence-corrected chi connectivity index (χ2v) is 4.59. The zero-order chi connectivity index (χ0) is 15.8. The van der Waals surface area contributed by atoms with Crippen molar-refractivity contribution in [3.63, 3.8) is 0 Å². The molecular formula is C15H11F5O. The lowest BCUT2D eigenvalue weighted by atomic mass is 10.1. The van der Waals surface area contributed by atoms with E-state index in [0.29, 0.717) is 0 Å². The first-order valence-corrected chi connectivity index (χ1v) is 6.00. The number of rotatable bonds is 3. The Labute approximate surface area is 118 Å². The van der Waals surface area contributed by atoms with Crippen molar-refractivity contribution < 1.29 is 26.7 Å². The highest BCUT2D eigenvalue weighted by atomic mass is 19.3. The Morgan fingerprint density at radius 2 is 1.48 bits per heavy atom. The van der Waals surface area contributed by atoms with Gasteiger partial charge in [0.2, 0.25) is 0 Å². The Hall–Kier alpha value is -2.11. The molecule has 0 bridgehead atoms. The van der Waals surface area contributed by atoms with Gasteiger partial charge in [0, 0.05) is 6.07 Å². The number of aryl methyl sites for hydroxylation is 2. The topological polar surface area (TPSA) is 9.23 Å². The monoisotopic (exact) mass is 302 g/mol. The van der Waals surface area contributed by atoms with Gasteiger partial charge in [-0.05, 0) is 37.1 Å². The van der Waals surface area contributed by atoms with Crippen molar-refractivity contribution >= 4 is 0 Å². The fourth-order valence-corrected chi connectivity index (χ4v) is 1.71. The first-order chi connectivity index (χ1) is 9.72. The van der Waals surface area contributed by atoms with Gasteiger partial charge in [-0.1, -0.05) is 12.1 Å². The van der Waals surface area contributed by atoms with Crippen molar-refractivity contribution in [1.29, 1.82) is 0 Å². The van der Waals surface area contributed by atoms with Crippen molar-refractivity contribution in [1.82, 2.24) is 0 Å². The van der Waals surface area contributed by atoms with E-state index in [1.165, 1.54) is 19.9 Å². The Morgan fingerprint density at radius 3 is 2.10 bits per heavy atom. The number of hydrogen-bond donors (Lipinski definition) is 0. The van der Waals surface area contributed by atoms with Crippen LogP contribution in [-0.4, -0.2) is 0 Å². The predicted octanol–water partition coefficient (Wildman–Crippen LogP) is 4.85. The molecule has 0 heterocycles. The summed E-state index contributed by atoms with van der Waals surface area (Å²) in [5.74, 6) is -4.28. The first-order valence-electron chi connectivity index (χ1n) is 6.00. The zero-order valence-electron chi connectivity index (χ0n) is 11.2. The van der Waals surface area contributed by atoms with E-state index in [0.717, 1.165) is 24.3 Å². The Balaban J connectivity index is 2.38. The molecule has 0 saturated heterocycles. The molecule has 2 aromatic carbocycles. The Kier molecular flexibility index (Phi) is 3.89. The van der Waals surface area contributed by atoms with Gasteiger partial charge in [0.15, 0.2) is 11.6 Å². The van der Waals surface area contributed by atoms with Gasteiger partial charge in [-0.15, -0.1) is 0 Å². The second-order valence-electron chi connectivity index (χ2n) is 4.59. The van der Waals surface area contributed by atoms with E-state index in [1.807, 2.05) is 0 Å². The van der Waals surface area contributed by atoms with Crippen molar-refractivity contribution in [2.45, 2.75) is 20.0 Å². The lowest BCUT2D eigenvalue weighted by molar-refractivity contribution is -0.187. The summed E-state index contributed by atoms with van der Waals surface area (Å²) in [6.45, 7) is 2.70. The van der Waals surface area contributed by atoms with Crippen molar-refractivity contribution in [2.75, 3.05) is 0 Å². The van der Waals surface area contributed by atoms with Crippen LogP contribution in [0.25, 0.3) is 0 Å². The molecule has 0 atom stereocenters. The maximum atomic E-state index is 13.9. The van der Waals surface area contributed by atoms with E-state index in [2.05, 4.69) is 4.74 Å². The molecule has 0 fully saturated rings. The lowest BCUT2D eigenvalue weighted by Gasteiger charge is -2.19. The summed E-state index contributed by atoms with van der Waals surface area (Å²) >= 11 is 0. The third kappa shape index (κ3) is 2.99. The maximum Gasteiger partial charge on any atom is 0.429 e. The van der Waals surface area contributed by atoms with Gasteiger partial charge in [0.1, 0.15) is 17.1 Å². The largest absolute Gasteiger partial charge is 0.429 e. The number of benzene rings is 2. The highest BCUT2D eigenvalue weighted by molar-refractivity contribution is 5.31. The van der Waals surface area contributed by atoms with E-state index in [-0.39, 0.29) is 11.1 Å². The summed E-state index contributed by atoms with van der Waals surface area (Å²) in [6, 6.07) is 4.87. The summed E-state index contributed by atoms with van der Waals surface area (Å²) in [4.78, 5) is 0. The molecule has 0 unspecified atom stereocenters. The van der Waals surface area contributed by atoms with Crippen LogP contribution in [0.1, 0.15) is 16.7 Å². The minimum atomic E-state index is -4.12. The van der Waals surface area contributed by atoms with E-state index in [1.54, 1.807) is 0 Å². The van der Waals surface area contributed by atoms with Crippen LogP contribution < -0.4 is 4.74 Å². The van der Waals surface area contributed by atoms with Crippen molar-refractivity contribution in [3.05, 3.63) is 64.5 Å². The van der Waals surface area contributed by atoms with E-state index in [9.17, 15) is 22.0 Å². The van der Waals surface area contributed by atoms with Crippen LogP contribution in [0.4, 0.5) is 22.0 Å². The number of hydrogen-bond acceptors (Lipinski definition) is 1. The van der Waals surface area contributed by atoms with E-state index in [4.69, 9.17) is 0 Å². The highest BCUT2D eigenvalue weighted by Crippen LogP contribution is 2.34. The molecule has 0 aromatic heterocycles. The predicted molar refractivity (Wildman–Crippen MR) is 66.8 cm³/mol. The second kappa shape index (κ2) is 5.35. The molecule has 0 aliphatic carbocycles. The third-order valence-corrected chi connectivity index (χ3v) is 2.98. The molecule has 2 aromatic rings. The molecule has 112 valence electrons. The van der Waals surface area contributed by atoms with E-state index >= 15 is 0 Å². The average molecular weight is 302 g/mol. The van der Waals surface area contributed by atoms with Crippen LogP contribution in [0.5, 0.6) is 5.75 Å². The molecule has 0 N–H and O–H groups in total. The SMILES string of the molecule is Cc1ccc(OC(F)(F)c2ccc(C)c(F)c2F)cc1F. The summed E-state index contributed by atoms with van der Waals surface area (Å²) in [5.41, 5.74) is -1.10. The Bertz CT molecular complexity index is 682. The molecule has 2 rings (SSSR count). The number of alkyl halides is 2. The lowest BCUT2D eigenvalue weighted by Crippen LogP contribution is -2.24. The first kappa shape index (κ1) is 15.3. The van der Waals surface area contributed by atoms with Crippen LogP contribution in [-0.2, 0) is 6.11 Å². The number of ether oxygens (including phenoxy) is 1. The fraction of sp³-hybridized carbons (Fsp3) is 0.200. The standard InChI is InChI=1S/C15H11F5O/c1-8-3-5-10(7-12(8)16)21-15(19,20)11-6-4-9(2)13(17)14(11)18/h3-7H,1-2H3. The molecule has 0 saturated carbocycles. The van der Waals surface area contributed by atoms with Crippen LogP contribution in [0.3, 0.4) is 0 Å². The molecule has 21 heavy (non-hydrogen) atoms. The van der Waals surface area contributed by atoms with Gasteiger partial charge in [-0.3, -0.25) is 0 Å². The van der Waals surface area contributed by atoms with Gasteiger partial charge in [-0.2, -0.15) is 8.78 Å². The molecule has 0 radical (unpaired) electrons. The van der Waals surface area contributed by atoms with Crippen LogP contribution >= 0.6 is 0 Å². The highest BCUT2D eigenvalue weighted by Gasteiger charge is 2.39. The van der Waals surface area contributed by atoms with Gasteiger partial charge in [-0.25, -0.2) is 13.2 Å². The molecule has 0 aliphatic heterocycles. The average Bonchev–Trinajstić information content (AvgIpc) is 2.39. The summed E-state index contributed by atoms with van der Waals surface area (Å²) in [6.07, 6.45) is -4.12. The molecular weight excluding hydrogens is 291 g/mol. The van der Waals surface area contributed by atoms with Crippen LogP contribution in [0.2, 0.25) is 0 Å². The molecule has 0 spiro atoms. The minimum absolute atomic E-state index is 0.103. The number of halogens is 5. The quantitative estimate of drug-likeness (QED) is 0.737. The van der Waals surface area contributed by atoms with Gasteiger partial charge in [0.05, 0.1) is 0 Å². The Morgan fingerprint density at radius 1 is 0.857 bits per heavy atom. The smallest absolute Gasteiger partial charge is 0.429 e. The van der Waals surface area contributed by atoms with E-state index < -0.39 is 34.9 Å². The molecule has 1 nitrogen and oxygen atoms in total. The van der Waals surface area contributed by atoms with Gasteiger partial charge >= 0.3 is 6.11 Å². The molecule has 0 aliphatic rings. The normalized spacial score (nSPS) is 11.6. The van der Waals surface area contributed by atoms with Gasteiger partial charge < -0.3 is 4.74 Å². The van der Waals surface area contributed by atoms with Crippen molar-refractivity contribution in [3.8, 4) is 5.75 Å². The molecule has 0 amide bonds. The van der Waals surface area contributed by atoms with Crippen LogP contribution in [0.15, 0.2) is 30.3 Å². The van der Waals surface area contributed by atoms with Crippen LogP contribution in [0, 0.1) is 31.3 Å². The summed E-state index contributed by atoms with van der Waals surface area (Å²) in [5, 5.41) is 0. The third-order valence-electron chi connectivity index (χ3n) is 2.98. The van der Waals surface area contributed by atoms with Gasteiger partial charge in [0.25, 0.3) is 0 Å². The molecule has 6 heteroatoms. The maximum absolute atomic E-state index is 13.9. The minimum Gasteiger partial charge on any atom is -0.429 e. The summed E-state index contributed by atoms with van der Waals surface area (Å²) < 4.78 is 72.4. The summed E-state index contributed by atoms with van der Waals surface area (Å²) in [7, 11) is 0. The zero-order valence-corrected chi connectivity index (χ0v) is 11.2.